The van der Waals surface area contributed by atoms with Gasteiger partial charge in [0.05, 0.1) is 6.61 Å². The van der Waals surface area contributed by atoms with Crippen LogP contribution in [0.25, 0.3) is 11.4 Å². The van der Waals surface area contributed by atoms with Crippen LogP contribution in [0.2, 0.25) is 0 Å². The summed E-state index contributed by atoms with van der Waals surface area (Å²) in [5.74, 6) is -0.975. The second-order valence-corrected chi connectivity index (χ2v) is 8.05. The summed E-state index contributed by atoms with van der Waals surface area (Å²) in [7, 11) is 0. The molecule has 1 aliphatic rings. The number of likely N-dealkylation sites (tertiary alicyclic amines) is 1. The summed E-state index contributed by atoms with van der Waals surface area (Å²) >= 11 is 0. The molecule has 1 aromatic carbocycles. The van der Waals surface area contributed by atoms with Gasteiger partial charge in [0.15, 0.2) is 0 Å². The van der Waals surface area contributed by atoms with E-state index in [1.54, 1.807) is 29.2 Å². The molecule has 1 amide bonds. The molecule has 1 saturated heterocycles. The molecule has 1 aromatic heterocycles. The number of hydrogen-bond donors (Lipinski definition) is 0. The molecule has 0 N–H and O–H groups in total. The van der Waals surface area contributed by atoms with Crippen LogP contribution in [0.15, 0.2) is 28.8 Å². The highest BCUT2D eigenvalue weighted by atomic mass is 19.4. The van der Waals surface area contributed by atoms with Gasteiger partial charge < -0.3 is 18.9 Å². The number of carbonyl (C=O) groups is 1. The van der Waals surface area contributed by atoms with E-state index in [1.807, 2.05) is 20.8 Å². The van der Waals surface area contributed by atoms with E-state index in [0.717, 1.165) is 12.8 Å². The lowest BCUT2D eigenvalue weighted by atomic mass is 10.1. The van der Waals surface area contributed by atoms with Gasteiger partial charge in [-0.15, -0.1) is 0 Å². The van der Waals surface area contributed by atoms with Gasteiger partial charge in [0.1, 0.15) is 11.4 Å². The number of hydrogen-bond acceptors (Lipinski definition) is 6. The summed E-state index contributed by atoms with van der Waals surface area (Å²) in [6.07, 6.45) is -2.53. The summed E-state index contributed by atoms with van der Waals surface area (Å²) < 4.78 is 53.1. The number of alkyl halides is 3. The van der Waals surface area contributed by atoms with Crippen molar-refractivity contribution in [2.24, 2.45) is 0 Å². The monoisotopic (exact) mass is 427 g/mol. The second kappa shape index (κ2) is 8.53. The van der Waals surface area contributed by atoms with Crippen LogP contribution in [-0.2, 0) is 10.9 Å². The van der Waals surface area contributed by atoms with Gasteiger partial charge in [-0.25, -0.2) is 4.79 Å². The van der Waals surface area contributed by atoms with Crippen LogP contribution in [-0.4, -0.2) is 45.9 Å². The van der Waals surface area contributed by atoms with Crippen molar-refractivity contribution in [2.45, 2.75) is 57.9 Å². The molecule has 2 heterocycles. The predicted octanol–water partition coefficient (Wildman–Crippen LogP) is 4.92. The van der Waals surface area contributed by atoms with Gasteiger partial charge in [0.2, 0.25) is 5.82 Å². The third-order valence-corrected chi connectivity index (χ3v) is 4.51. The Kier molecular flexibility index (Phi) is 6.23. The van der Waals surface area contributed by atoms with E-state index in [9.17, 15) is 18.0 Å². The minimum Gasteiger partial charge on any atom is -0.494 e. The predicted molar refractivity (Wildman–Crippen MR) is 101 cm³/mol. The summed E-state index contributed by atoms with van der Waals surface area (Å²) in [4.78, 5) is 17.4. The summed E-state index contributed by atoms with van der Waals surface area (Å²) in [5.41, 5.74) is -0.157. The van der Waals surface area contributed by atoms with E-state index < -0.39 is 17.7 Å². The van der Waals surface area contributed by atoms with Crippen molar-refractivity contribution in [3.05, 3.63) is 30.2 Å². The molecule has 7 nitrogen and oxygen atoms in total. The Morgan fingerprint density at radius 3 is 2.53 bits per heavy atom. The van der Waals surface area contributed by atoms with Crippen LogP contribution in [0.1, 0.15) is 45.9 Å². The van der Waals surface area contributed by atoms with Crippen LogP contribution in [0.3, 0.4) is 0 Å². The van der Waals surface area contributed by atoms with Crippen LogP contribution in [0, 0.1) is 0 Å². The SMILES string of the molecule is CC(C)(C)OC(=O)N1CCC[C@@H]1CCOc1ccc(-c2noc(C(F)(F)F)n2)cc1. The summed E-state index contributed by atoms with van der Waals surface area (Å²) in [5, 5.41) is 3.35. The molecule has 0 spiro atoms. The van der Waals surface area contributed by atoms with Crippen molar-refractivity contribution >= 4 is 6.09 Å². The van der Waals surface area contributed by atoms with Crippen molar-refractivity contribution in [1.82, 2.24) is 15.0 Å². The minimum absolute atomic E-state index is 0.0549. The average molecular weight is 427 g/mol. The zero-order valence-corrected chi connectivity index (χ0v) is 17.0. The molecule has 0 aliphatic carbocycles. The van der Waals surface area contributed by atoms with Crippen LogP contribution >= 0.6 is 0 Å². The third kappa shape index (κ3) is 5.64. The number of aromatic nitrogens is 2. The van der Waals surface area contributed by atoms with E-state index >= 15 is 0 Å². The van der Waals surface area contributed by atoms with Gasteiger partial charge in [0.25, 0.3) is 0 Å². The highest BCUT2D eigenvalue weighted by Crippen LogP contribution is 2.30. The van der Waals surface area contributed by atoms with Crippen LogP contribution in [0.5, 0.6) is 5.75 Å². The molecule has 1 atom stereocenters. The molecule has 10 heteroatoms. The molecule has 1 aliphatic heterocycles. The molecule has 164 valence electrons. The Labute approximate surface area is 172 Å². The number of rotatable bonds is 5. The molecule has 3 rings (SSSR count). The zero-order valence-electron chi connectivity index (χ0n) is 17.0. The summed E-state index contributed by atoms with van der Waals surface area (Å²) in [6.45, 7) is 6.56. The topological polar surface area (TPSA) is 77.7 Å². The first-order valence-electron chi connectivity index (χ1n) is 9.67. The molecule has 0 bridgehead atoms. The van der Waals surface area contributed by atoms with E-state index in [4.69, 9.17) is 9.47 Å². The fourth-order valence-electron chi connectivity index (χ4n) is 3.17. The van der Waals surface area contributed by atoms with Crippen molar-refractivity contribution in [1.29, 1.82) is 0 Å². The van der Waals surface area contributed by atoms with E-state index in [2.05, 4.69) is 14.7 Å². The third-order valence-electron chi connectivity index (χ3n) is 4.51. The molecular formula is C20H24F3N3O4. The lowest BCUT2D eigenvalue weighted by Crippen LogP contribution is -2.40. The Hall–Kier alpha value is -2.78. The Morgan fingerprint density at radius 2 is 1.93 bits per heavy atom. The number of carbonyl (C=O) groups excluding carboxylic acids is 1. The van der Waals surface area contributed by atoms with Crippen molar-refractivity contribution < 1.29 is 32.0 Å². The van der Waals surface area contributed by atoms with E-state index in [0.29, 0.717) is 30.9 Å². The molecular weight excluding hydrogens is 403 g/mol. The van der Waals surface area contributed by atoms with Gasteiger partial charge in [-0.1, -0.05) is 5.16 Å². The average Bonchev–Trinajstić information content (AvgIpc) is 3.30. The van der Waals surface area contributed by atoms with Gasteiger partial charge in [0, 0.05) is 24.6 Å². The highest BCUT2D eigenvalue weighted by molar-refractivity contribution is 5.68. The number of amides is 1. The maximum absolute atomic E-state index is 12.6. The van der Waals surface area contributed by atoms with E-state index in [1.165, 1.54) is 0 Å². The van der Waals surface area contributed by atoms with Gasteiger partial charge in [-0.2, -0.15) is 18.2 Å². The smallest absolute Gasteiger partial charge is 0.471 e. The van der Waals surface area contributed by atoms with Crippen molar-refractivity contribution in [2.75, 3.05) is 13.2 Å². The number of halogens is 3. The maximum atomic E-state index is 12.6. The van der Waals surface area contributed by atoms with Gasteiger partial charge in [-0.05, 0) is 57.9 Å². The Morgan fingerprint density at radius 1 is 1.23 bits per heavy atom. The highest BCUT2D eigenvalue weighted by Gasteiger charge is 2.38. The molecule has 0 saturated carbocycles. The molecule has 0 radical (unpaired) electrons. The first-order valence-corrected chi connectivity index (χ1v) is 9.67. The standard InChI is InChI=1S/C20H24F3N3O4/c1-19(2,3)29-18(27)26-11-4-5-14(26)10-12-28-15-8-6-13(7-9-15)16-24-17(30-25-16)20(21,22)23/h6-9,14H,4-5,10-12H2,1-3H3/t14-/m1/s1. The maximum Gasteiger partial charge on any atom is 0.471 e. The molecule has 2 aromatic rings. The fraction of sp³-hybridized carbons (Fsp3) is 0.550. The normalized spacial score (nSPS) is 17.3. The lowest BCUT2D eigenvalue weighted by Gasteiger charge is -2.28. The first-order chi connectivity index (χ1) is 14.0. The number of benzene rings is 1. The van der Waals surface area contributed by atoms with Crippen molar-refractivity contribution in [3.8, 4) is 17.1 Å². The Balaban J connectivity index is 1.52. The largest absolute Gasteiger partial charge is 0.494 e. The quantitative estimate of drug-likeness (QED) is 0.674. The van der Waals surface area contributed by atoms with Crippen molar-refractivity contribution in [3.63, 3.8) is 0 Å². The molecule has 30 heavy (non-hydrogen) atoms. The Bertz CT molecular complexity index is 859. The van der Waals surface area contributed by atoms with E-state index in [-0.39, 0.29) is 18.0 Å². The van der Waals surface area contributed by atoms with Gasteiger partial charge in [-0.3, -0.25) is 0 Å². The van der Waals surface area contributed by atoms with Crippen LogP contribution in [0.4, 0.5) is 18.0 Å². The minimum atomic E-state index is -4.68. The molecule has 1 fully saturated rings. The fourth-order valence-corrected chi connectivity index (χ4v) is 3.17. The first kappa shape index (κ1) is 21.9. The summed E-state index contributed by atoms with van der Waals surface area (Å²) in [6, 6.07) is 6.42. The number of nitrogens with zero attached hydrogens (tertiary/aromatic N) is 3. The lowest BCUT2D eigenvalue weighted by molar-refractivity contribution is -0.159. The number of ether oxygens (including phenoxy) is 2. The molecule has 0 unspecified atom stereocenters. The van der Waals surface area contributed by atoms with Gasteiger partial charge >= 0.3 is 18.2 Å². The zero-order chi connectivity index (χ0) is 21.9. The second-order valence-electron chi connectivity index (χ2n) is 8.05. The van der Waals surface area contributed by atoms with Crippen LogP contribution < -0.4 is 4.74 Å².